The summed E-state index contributed by atoms with van der Waals surface area (Å²) in [5.74, 6) is -0.332. The van der Waals surface area contributed by atoms with Crippen molar-refractivity contribution >= 4 is 40.7 Å². The Morgan fingerprint density at radius 3 is 2.55 bits per heavy atom. The molecule has 2 rings (SSSR count). The molecule has 1 amide bonds. The van der Waals surface area contributed by atoms with Gasteiger partial charge >= 0.3 is 0 Å². The van der Waals surface area contributed by atoms with Crippen LogP contribution in [0.25, 0.3) is 0 Å². The van der Waals surface area contributed by atoms with Crippen LogP contribution in [0.4, 0.5) is 0 Å². The van der Waals surface area contributed by atoms with Crippen molar-refractivity contribution in [3.8, 4) is 0 Å². The number of hydrogen-bond donors (Lipinski definition) is 1. The van der Waals surface area contributed by atoms with Crippen molar-refractivity contribution in [2.24, 2.45) is 0 Å². The molecule has 0 aliphatic carbocycles. The summed E-state index contributed by atoms with van der Waals surface area (Å²) in [6.07, 6.45) is 1.89. The SMILES string of the molecule is O=C(Cn1ncc(Cl)c(Cl)c1=O)NCCc1ccc(Cl)cc1. The van der Waals surface area contributed by atoms with E-state index in [0.717, 1.165) is 10.2 Å². The Morgan fingerprint density at radius 2 is 1.86 bits per heavy atom. The molecule has 116 valence electrons. The number of carbonyl (C=O) groups excluding carboxylic acids is 1. The van der Waals surface area contributed by atoms with Gasteiger partial charge in [0, 0.05) is 11.6 Å². The summed E-state index contributed by atoms with van der Waals surface area (Å²) >= 11 is 17.2. The second kappa shape index (κ2) is 7.63. The zero-order valence-corrected chi connectivity index (χ0v) is 13.6. The Labute approximate surface area is 141 Å². The number of rotatable bonds is 5. The monoisotopic (exact) mass is 359 g/mol. The summed E-state index contributed by atoms with van der Waals surface area (Å²) < 4.78 is 0.964. The summed E-state index contributed by atoms with van der Waals surface area (Å²) in [6, 6.07) is 7.36. The molecular weight excluding hydrogens is 349 g/mol. The van der Waals surface area contributed by atoms with Crippen LogP contribution in [0.3, 0.4) is 0 Å². The second-order valence-electron chi connectivity index (χ2n) is 4.50. The van der Waals surface area contributed by atoms with Crippen LogP contribution in [0.2, 0.25) is 15.1 Å². The topological polar surface area (TPSA) is 64.0 Å². The zero-order chi connectivity index (χ0) is 16.1. The van der Waals surface area contributed by atoms with Crippen molar-refractivity contribution < 1.29 is 4.79 Å². The first-order valence-corrected chi connectivity index (χ1v) is 7.53. The lowest BCUT2D eigenvalue weighted by molar-refractivity contribution is -0.121. The molecule has 5 nitrogen and oxygen atoms in total. The summed E-state index contributed by atoms with van der Waals surface area (Å²) in [4.78, 5) is 23.5. The van der Waals surface area contributed by atoms with Gasteiger partial charge in [0.2, 0.25) is 5.91 Å². The van der Waals surface area contributed by atoms with Crippen molar-refractivity contribution in [2.45, 2.75) is 13.0 Å². The minimum Gasteiger partial charge on any atom is -0.354 e. The van der Waals surface area contributed by atoms with E-state index >= 15 is 0 Å². The van der Waals surface area contributed by atoms with E-state index in [2.05, 4.69) is 10.4 Å². The third kappa shape index (κ3) is 4.47. The van der Waals surface area contributed by atoms with Crippen LogP contribution in [0, 0.1) is 0 Å². The van der Waals surface area contributed by atoms with Crippen molar-refractivity contribution in [1.82, 2.24) is 15.1 Å². The first-order chi connectivity index (χ1) is 10.5. The average Bonchev–Trinajstić information content (AvgIpc) is 2.50. The number of benzene rings is 1. The smallest absolute Gasteiger partial charge is 0.287 e. The van der Waals surface area contributed by atoms with E-state index in [1.165, 1.54) is 6.20 Å². The minimum absolute atomic E-state index is 0.0612. The number of nitrogens with zero attached hydrogens (tertiary/aromatic N) is 2. The molecular formula is C14H12Cl3N3O2. The second-order valence-corrected chi connectivity index (χ2v) is 5.72. The molecule has 22 heavy (non-hydrogen) atoms. The molecule has 0 spiro atoms. The van der Waals surface area contributed by atoms with Crippen LogP contribution < -0.4 is 10.9 Å². The molecule has 1 heterocycles. The van der Waals surface area contributed by atoms with Crippen LogP contribution in [0.5, 0.6) is 0 Å². The fourth-order valence-corrected chi connectivity index (χ4v) is 2.14. The summed E-state index contributed by atoms with van der Waals surface area (Å²) in [7, 11) is 0. The maximum atomic E-state index is 11.8. The lowest BCUT2D eigenvalue weighted by Crippen LogP contribution is -2.34. The molecule has 0 saturated carbocycles. The minimum atomic E-state index is -0.595. The molecule has 0 unspecified atom stereocenters. The Kier molecular flexibility index (Phi) is 5.83. The number of halogens is 3. The van der Waals surface area contributed by atoms with Crippen LogP contribution in [0.1, 0.15) is 5.56 Å². The molecule has 0 aliphatic rings. The zero-order valence-electron chi connectivity index (χ0n) is 11.4. The number of amides is 1. The van der Waals surface area contributed by atoms with Gasteiger partial charge in [0.15, 0.2) is 0 Å². The van der Waals surface area contributed by atoms with Crippen LogP contribution in [-0.4, -0.2) is 22.2 Å². The van der Waals surface area contributed by atoms with Gasteiger partial charge in [-0.3, -0.25) is 9.59 Å². The summed E-state index contributed by atoms with van der Waals surface area (Å²) in [5.41, 5.74) is 0.455. The predicted molar refractivity (Wildman–Crippen MR) is 86.7 cm³/mol. The van der Waals surface area contributed by atoms with E-state index in [9.17, 15) is 9.59 Å². The van der Waals surface area contributed by atoms with Gasteiger partial charge in [0.25, 0.3) is 5.56 Å². The largest absolute Gasteiger partial charge is 0.354 e. The number of hydrogen-bond acceptors (Lipinski definition) is 3. The van der Waals surface area contributed by atoms with E-state index < -0.39 is 5.56 Å². The number of aromatic nitrogens is 2. The Hall–Kier alpha value is -1.56. The summed E-state index contributed by atoms with van der Waals surface area (Å²) in [6.45, 7) is 0.229. The highest BCUT2D eigenvalue weighted by atomic mass is 35.5. The molecule has 8 heteroatoms. The molecule has 0 saturated heterocycles. The van der Waals surface area contributed by atoms with E-state index in [1.54, 1.807) is 12.1 Å². The van der Waals surface area contributed by atoms with Gasteiger partial charge in [-0.15, -0.1) is 0 Å². The number of nitrogens with one attached hydrogen (secondary N) is 1. The van der Waals surface area contributed by atoms with Crippen LogP contribution in [0.15, 0.2) is 35.3 Å². The normalized spacial score (nSPS) is 10.5. The molecule has 0 aliphatic heterocycles. The van der Waals surface area contributed by atoms with Crippen molar-refractivity contribution in [3.63, 3.8) is 0 Å². The van der Waals surface area contributed by atoms with Gasteiger partial charge in [-0.25, -0.2) is 4.68 Å². The molecule has 0 fully saturated rings. The fraction of sp³-hybridized carbons (Fsp3) is 0.214. The predicted octanol–water partition coefficient (Wildman–Crippen LogP) is 2.56. The van der Waals surface area contributed by atoms with Crippen molar-refractivity contribution in [3.05, 3.63) is 61.4 Å². The summed E-state index contributed by atoms with van der Waals surface area (Å²) in [5, 5.41) is 7.05. The van der Waals surface area contributed by atoms with Gasteiger partial charge in [0.1, 0.15) is 11.6 Å². The molecule has 0 atom stereocenters. The van der Waals surface area contributed by atoms with Gasteiger partial charge in [-0.05, 0) is 24.1 Å². The molecule has 1 aromatic heterocycles. The fourth-order valence-electron chi connectivity index (χ4n) is 1.75. The first kappa shape index (κ1) is 16.8. The number of carbonyl (C=O) groups is 1. The van der Waals surface area contributed by atoms with E-state index in [0.29, 0.717) is 18.0 Å². The highest BCUT2D eigenvalue weighted by molar-refractivity contribution is 6.41. The molecule has 2 aromatic rings. The lowest BCUT2D eigenvalue weighted by Gasteiger charge is -2.07. The Morgan fingerprint density at radius 1 is 1.18 bits per heavy atom. The molecule has 0 bridgehead atoms. The average molecular weight is 361 g/mol. The standard InChI is InChI=1S/C14H12Cl3N3O2/c15-10-3-1-9(2-4-10)5-6-18-12(21)8-20-14(22)13(17)11(16)7-19-20/h1-4,7H,5-6,8H2,(H,18,21). The van der Waals surface area contributed by atoms with E-state index in [-0.39, 0.29) is 22.5 Å². The quantitative estimate of drug-likeness (QED) is 0.891. The van der Waals surface area contributed by atoms with Crippen molar-refractivity contribution in [1.29, 1.82) is 0 Å². The highest BCUT2D eigenvalue weighted by Gasteiger charge is 2.10. The maximum Gasteiger partial charge on any atom is 0.287 e. The van der Waals surface area contributed by atoms with E-state index in [4.69, 9.17) is 34.8 Å². The first-order valence-electron chi connectivity index (χ1n) is 6.39. The lowest BCUT2D eigenvalue weighted by atomic mass is 10.1. The highest BCUT2D eigenvalue weighted by Crippen LogP contribution is 2.14. The van der Waals surface area contributed by atoms with Gasteiger partial charge in [-0.2, -0.15) is 5.10 Å². The maximum absolute atomic E-state index is 11.8. The van der Waals surface area contributed by atoms with E-state index in [1.807, 2.05) is 12.1 Å². The van der Waals surface area contributed by atoms with Crippen LogP contribution >= 0.6 is 34.8 Å². The van der Waals surface area contributed by atoms with Crippen molar-refractivity contribution in [2.75, 3.05) is 6.54 Å². The third-order valence-corrected chi connectivity index (χ3v) is 3.89. The molecule has 1 aromatic carbocycles. The van der Waals surface area contributed by atoms with Crippen LogP contribution in [-0.2, 0) is 17.8 Å². The Balaban J connectivity index is 1.87. The Bertz CT molecular complexity index is 729. The molecule has 1 N–H and O–H groups in total. The third-order valence-electron chi connectivity index (χ3n) is 2.88. The van der Waals surface area contributed by atoms with Gasteiger partial charge in [-0.1, -0.05) is 46.9 Å². The van der Waals surface area contributed by atoms with Gasteiger partial charge < -0.3 is 5.32 Å². The van der Waals surface area contributed by atoms with Gasteiger partial charge in [0.05, 0.1) is 11.2 Å². The molecule has 0 radical (unpaired) electrons.